The van der Waals surface area contributed by atoms with Gasteiger partial charge in [0.25, 0.3) is 0 Å². The number of amides is 1. The van der Waals surface area contributed by atoms with Gasteiger partial charge >= 0.3 is 0 Å². The van der Waals surface area contributed by atoms with Gasteiger partial charge < -0.3 is 10.6 Å². The maximum Gasteiger partial charge on any atom is 0.221 e. The lowest BCUT2D eigenvalue weighted by Crippen LogP contribution is -2.26. The summed E-state index contributed by atoms with van der Waals surface area (Å²) >= 11 is 0. The standard InChI is InChI=1S/C19H28N2O/c1-15-8-9-16(2)18(14-15)20-13-11-19(22)21-12-10-17-6-4-3-5-7-17/h6,8-9,14,20H,3-5,7,10-13H2,1-2H3,(H,21,22). The second-order valence-electron chi connectivity index (χ2n) is 6.20. The Hall–Kier alpha value is -1.77. The number of nitrogens with one attached hydrogen (secondary N) is 2. The van der Waals surface area contributed by atoms with Crippen LogP contribution in [0.15, 0.2) is 29.8 Å². The van der Waals surface area contributed by atoms with Crippen molar-refractivity contribution in [1.29, 1.82) is 0 Å². The Labute approximate surface area is 134 Å². The zero-order valence-electron chi connectivity index (χ0n) is 13.9. The van der Waals surface area contributed by atoms with Crippen molar-refractivity contribution in [3.8, 4) is 0 Å². The van der Waals surface area contributed by atoms with Crippen LogP contribution in [0.3, 0.4) is 0 Å². The van der Waals surface area contributed by atoms with E-state index in [1.165, 1.54) is 42.4 Å². The highest BCUT2D eigenvalue weighted by Gasteiger charge is 2.05. The molecule has 22 heavy (non-hydrogen) atoms. The highest BCUT2D eigenvalue weighted by atomic mass is 16.1. The third-order valence-electron chi connectivity index (χ3n) is 4.21. The molecule has 1 amide bonds. The predicted octanol–water partition coefficient (Wildman–Crippen LogP) is 4.11. The molecular weight excluding hydrogens is 272 g/mol. The maximum absolute atomic E-state index is 11.9. The summed E-state index contributed by atoms with van der Waals surface area (Å²) in [7, 11) is 0. The van der Waals surface area contributed by atoms with Crippen molar-refractivity contribution in [3.63, 3.8) is 0 Å². The number of hydrogen-bond acceptors (Lipinski definition) is 2. The van der Waals surface area contributed by atoms with E-state index in [-0.39, 0.29) is 5.91 Å². The molecule has 1 aliphatic rings. The second kappa shape index (κ2) is 8.62. The summed E-state index contributed by atoms with van der Waals surface area (Å²) in [6, 6.07) is 6.34. The topological polar surface area (TPSA) is 41.1 Å². The third-order valence-corrected chi connectivity index (χ3v) is 4.21. The quantitative estimate of drug-likeness (QED) is 0.744. The highest BCUT2D eigenvalue weighted by molar-refractivity contribution is 5.76. The van der Waals surface area contributed by atoms with Gasteiger partial charge in [0.2, 0.25) is 5.91 Å². The minimum atomic E-state index is 0.134. The molecule has 0 spiro atoms. The van der Waals surface area contributed by atoms with Gasteiger partial charge in [0, 0.05) is 25.2 Å². The van der Waals surface area contributed by atoms with Crippen LogP contribution in [-0.4, -0.2) is 19.0 Å². The summed E-state index contributed by atoms with van der Waals surface area (Å²) < 4.78 is 0. The molecule has 2 N–H and O–H groups in total. The molecule has 0 atom stereocenters. The lowest BCUT2D eigenvalue weighted by atomic mass is 9.97. The lowest BCUT2D eigenvalue weighted by molar-refractivity contribution is -0.120. The summed E-state index contributed by atoms with van der Waals surface area (Å²) in [6.07, 6.45) is 8.92. The van der Waals surface area contributed by atoms with E-state index in [9.17, 15) is 4.79 Å². The minimum absolute atomic E-state index is 0.134. The van der Waals surface area contributed by atoms with Gasteiger partial charge in [-0.05, 0) is 63.1 Å². The number of carbonyl (C=O) groups is 1. The molecule has 3 nitrogen and oxygen atoms in total. The van der Waals surface area contributed by atoms with Gasteiger partial charge in [0.1, 0.15) is 0 Å². The Balaban J connectivity index is 1.63. The molecule has 1 aromatic rings. The van der Waals surface area contributed by atoms with Gasteiger partial charge in [-0.25, -0.2) is 0 Å². The van der Waals surface area contributed by atoms with Gasteiger partial charge in [-0.15, -0.1) is 0 Å². The van der Waals surface area contributed by atoms with Gasteiger partial charge in [-0.3, -0.25) is 4.79 Å². The second-order valence-corrected chi connectivity index (χ2v) is 6.20. The van der Waals surface area contributed by atoms with E-state index >= 15 is 0 Å². The molecule has 0 saturated carbocycles. The smallest absolute Gasteiger partial charge is 0.221 e. The van der Waals surface area contributed by atoms with Gasteiger partial charge in [-0.1, -0.05) is 23.8 Å². The van der Waals surface area contributed by atoms with Crippen molar-refractivity contribution in [3.05, 3.63) is 41.0 Å². The largest absolute Gasteiger partial charge is 0.384 e. The van der Waals surface area contributed by atoms with Crippen LogP contribution < -0.4 is 10.6 Å². The molecule has 0 aromatic heterocycles. The third kappa shape index (κ3) is 5.55. The van der Waals surface area contributed by atoms with Gasteiger partial charge in [-0.2, -0.15) is 0 Å². The molecule has 1 aliphatic carbocycles. The molecule has 0 aliphatic heterocycles. The molecule has 0 radical (unpaired) electrons. The molecule has 0 bridgehead atoms. The van der Waals surface area contributed by atoms with Gasteiger partial charge in [0.15, 0.2) is 0 Å². The van der Waals surface area contributed by atoms with Crippen molar-refractivity contribution < 1.29 is 4.79 Å². The summed E-state index contributed by atoms with van der Waals surface area (Å²) in [5.74, 6) is 0.134. The van der Waals surface area contributed by atoms with E-state index in [0.717, 1.165) is 18.7 Å². The Morgan fingerprint density at radius 1 is 1.18 bits per heavy atom. The molecule has 0 unspecified atom stereocenters. The molecule has 1 aromatic carbocycles. The number of hydrogen-bond donors (Lipinski definition) is 2. The highest BCUT2D eigenvalue weighted by Crippen LogP contribution is 2.19. The first-order valence-corrected chi connectivity index (χ1v) is 8.41. The van der Waals surface area contributed by atoms with Crippen LogP contribution in [0, 0.1) is 13.8 Å². The number of rotatable bonds is 7. The molecular formula is C19H28N2O. The number of benzene rings is 1. The molecule has 3 heteroatoms. The number of aryl methyl sites for hydroxylation is 2. The number of allylic oxidation sites excluding steroid dienone is 1. The Morgan fingerprint density at radius 2 is 2.05 bits per heavy atom. The van der Waals surface area contributed by atoms with E-state index in [0.29, 0.717) is 13.0 Å². The Kier molecular flexibility index (Phi) is 6.50. The fourth-order valence-corrected chi connectivity index (χ4v) is 2.82. The summed E-state index contributed by atoms with van der Waals surface area (Å²) in [5, 5.41) is 6.37. The zero-order valence-corrected chi connectivity index (χ0v) is 13.9. The van der Waals surface area contributed by atoms with Crippen LogP contribution in [-0.2, 0) is 4.79 Å². The monoisotopic (exact) mass is 300 g/mol. The zero-order chi connectivity index (χ0) is 15.8. The van der Waals surface area contributed by atoms with Crippen LogP contribution in [0.25, 0.3) is 0 Å². The van der Waals surface area contributed by atoms with E-state index < -0.39 is 0 Å². The molecule has 120 valence electrons. The first kappa shape index (κ1) is 16.6. The number of anilines is 1. The van der Waals surface area contributed by atoms with Crippen LogP contribution in [0.2, 0.25) is 0 Å². The van der Waals surface area contributed by atoms with E-state index in [1.807, 2.05) is 0 Å². The molecule has 0 saturated heterocycles. The average Bonchev–Trinajstić information content (AvgIpc) is 2.52. The Bertz CT molecular complexity index is 534. The van der Waals surface area contributed by atoms with Crippen LogP contribution in [0.5, 0.6) is 0 Å². The maximum atomic E-state index is 11.9. The fraction of sp³-hybridized carbons (Fsp3) is 0.526. The minimum Gasteiger partial charge on any atom is -0.384 e. The average molecular weight is 300 g/mol. The van der Waals surface area contributed by atoms with Crippen molar-refractivity contribution >= 4 is 11.6 Å². The van der Waals surface area contributed by atoms with E-state index in [1.54, 1.807) is 0 Å². The van der Waals surface area contributed by atoms with Crippen molar-refractivity contribution in [1.82, 2.24) is 5.32 Å². The van der Waals surface area contributed by atoms with Crippen LogP contribution in [0.1, 0.15) is 49.7 Å². The summed E-state index contributed by atoms with van der Waals surface area (Å²) in [5.41, 5.74) is 5.09. The van der Waals surface area contributed by atoms with E-state index in [2.05, 4.69) is 48.8 Å². The lowest BCUT2D eigenvalue weighted by Gasteiger charge is -2.13. The van der Waals surface area contributed by atoms with Crippen molar-refractivity contribution in [2.75, 3.05) is 18.4 Å². The molecule has 2 rings (SSSR count). The molecule has 0 heterocycles. The Morgan fingerprint density at radius 3 is 2.82 bits per heavy atom. The van der Waals surface area contributed by atoms with Crippen LogP contribution in [0.4, 0.5) is 5.69 Å². The summed E-state index contributed by atoms with van der Waals surface area (Å²) in [4.78, 5) is 11.9. The summed E-state index contributed by atoms with van der Waals surface area (Å²) in [6.45, 7) is 5.62. The van der Waals surface area contributed by atoms with Crippen molar-refractivity contribution in [2.45, 2.75) is 52.4 Å². The number of carbonyl (C=O) groups excluding carboxylic acids is 1. The first-order valence-electron chi connectivity index (χ1n) is 8.41. The SMILES string of the molecule is Cc1ccc(C)c(NCCC(=O)NCCC2=CCCCC2)c1. The first-order chi connectivity index (χ1) is 10.6. The van der Waals surface area contributed by atoms with Gasteiger partial charge in [0.05, 0.1) is 0 Å². The van der Waals surface area contributed by atoms with E-state index in [4.69, 9.17) is 0 Å². The fourth-order valence-electron chi connectivity index (χ4n) is 2.82. The van der Waals surface area contributed by atoms with Crippen molar-refractivity contribution in [2.24, 2.45) is 0 Å². The molecule has 0 fully saturated rings. The predicted molar refractivity (Wildman–Crippen MR) is 93.2 cm³/mol. The van der Waals surface area contributed by atoms with Crippen LogP contribution >= 0.6 is 0 Å². The normalized spacial score (nSPS) is 14.4.